The van der Waals surface area contributed by atoms with E-state index in [-0.39, 0.29) is 5.41 Å². The van der Waals surface area contributed by atoms with Crippen molar-refractivity contribution >= 4 is 5.65 Å². The molecule has 2 aromatic heterocycles. The summed E-state index contributed by atoms with van der Waals surface area (Å²) in [6.07, 6.45) is 15.5. The molecule has 0 fully saturated rings. The van der Waals surface area contributed by atoms with E-state index in [1.807, 2.05) is 24.8 Å². The first-order valence-electron chi connectivity index (χ1n) is 7.42. The van der Waals surface area contributed by atoms with E-state index in [2.05, 4.69) is 35.1 Å². The Labute approximate surface area is 116 Å². The molecule has 0 saturated heterocycles. The Balaban J connectivity index is 2.04. The third kappa shape index (κ3) is 3.34. The van der Waals surface area contributed by atoms with Gasteiger partial charge >= 0.3 is 0 Å². The van der Waals surface area contributed by atoms with Crippen molar-refractivity contribution in [3.63, 3.8) is 0 Å². The zero-order chi connectivity index (χ0) is 13.7. The Morgan fingerprint density at radius 3 is 2.68 bits per heavy atom. The van der Waals surface area contributed by atoms with Crippen LogP contribution >= 0.6 is 0 Å². The Bertz CT molecular complexity index is 513. The number of aromatic nitrogens is 3. The third-order valence-electron chi connectivity index (χ3n) is 3.91. The molecule has 0 unspecified atom stereocenters. The highest BCUT2D eigenvalue weighted by Crippen LogP contribution is 2.29. The highest BCUT2D eigenvalue weighted by molar-refractivity contribution is 5.37. The number of unbranched alkanes of at least 4 members (excludes halogenated alkanes) is 4. The van der Waals surface area contributed by atoms with Gasteiger partial charge < -0.3 is 4.40 Å². The fraction of sp³-hybridized carbons (Fsp3) is 0.625. The van der Waals surface area contributed by atoms with Gasteiger partial charge in [-0.15, -0.1) is 0 Å². The normalized spacial score (nSPS) is 12.2. The summed E-state index contributed by atoms with van der Waals surface area (Å²) in [7, 11) is 0. The van der Waals surface area contributed by atoms with Crippen molar-refractivity contribution in [2.45, 2.75) is 64.7 Å². The second kappa shape index (κ2) is 6.18. The van der Waals surface area contributed by atoms with E-state index in [1.54, 1.807) is 0 Å². The molecule has 0 amide bonds. The standard InChI is InChI=1S/C16H25N3/c1-4-5-6-7-8-9-16(2,3)14-12-17-13-15-18-10-11-19(14)15/h10-13H,4-9H2,1-3H3. The molecule has 3 nitrogen and oxygen atoms in total. The first-order chi connectivity index (χ1) is 9.15. The van der Waals surface area contributed by atoms with E-state index in [4.69, 9.17) is 0 Å². The molecule has 0 N–H and O–H groups in total. The van der Waals surface area contributed by atoms with Gasteiger partial charge in [0.1, 0.15) is 0 Å². The van der Waals surface area contributed by atoms with Crippen LogP contribution in [0.15, 0.2) is 24.8 Å². The highest BCUT2D eigenvalue weighted by atomic mass is 15.0. The lowest BCUT2D eigenvalue weighted by Gasteiger charge is -2.25. The number of hydrogen-bond donors (Lipinski definition) is 0. The first kappa shape index (κ1) is 14.0. The molecule has 2 rings (SSSR count). The fourth-order valence-corrected chi connectivity index (χ4v) is 2.65. The summed E-state index contributed by atoms with van der Waals surface area (Å²) in [6.45, 7) is 6.88. The minimum absolute atomic E-state index is 0.152. The summed E-state index contributed by atoms with van der Waals surface area (Å²) < 4.78 is 2.17. The molecule has 2 heterocycles. The zero-order valence-electron chi connectivity index (χ0n) is 12.4. The topological polar surface area (TPSA) is 30.2 Å². The molecule has 0 aliphatic carbocycles. The smallest absolute Gasteiger partial charge is 0.155 e. The predicted molar refractivity (Wildman–Crippen MR) is 79.4 cm³/mol. The second-order valence-electron chi connectivity index (χ2n) is 6.00. The number of imidazole rings is 1. The maximum absolute atomic E-state index is 4.33. The Morgan fingerprint density at radius 2 is 1.89 bits per heavy atom. The average molecular weight is 259 g/mol. The first-order valence-corrected chi connectivity index (χ1v) is 7.42. The van der Waals surface area contributed by atoms with Crippen molar-refractivity contribution < 1.29 is 0 Å². The maximum atomic E-state index is 4.33. The van der Waals surface area contributed by atoms with Crippen LogP contribution in [-0.2, 0) is 5.41 Å². The van der Waals surface area contributed by atoms with Gasteiger partial charge in [-0.05, 0) is 6.42 Å². The quantitative estimate of drug-likeness (QED) is 0.691. The third-order valence-corrected chi connectivity index (χ3v) is 3.91. The van der Waals surface area contributed by atoms with Crippen molar-refractivity contribution in [3.05, 3.63) is 30.5 Å². The molecule has 0 radical (unpaired) electrons. The largest absolute Gasteiger partial charge is 0.301 e. The van der Waals surface area contributed by atoms with E-state index in [0.717, 1.165) is 5.65 Å². The lowest BCUT2D eigenvalue weighted by atomic mass is 9.83. The van der Waals surface area contributed by atoms with Crippen LogP contribution in [0.25, 0.3) is 5.65 Å². The van der Waals surface area contributed by atoms with Crippen molar-refractivity contribution in [2.24, 2.45) is 0 Å². The van der Waals surface area contributed by atoms with E-state index in [0.29, 0.717) is 0 Å². The molecule has 0 aliphatic heterocycles. The Morgan fingerprint density at radius 1 is 1.11 bits per heavy atom. The van der Waals surface area contributed by atoms with Gasteiger partial charge in [0.2, 0.25) is 0 Å². The molecule has 0 bridgehead atoms. The number of hydrogen-bond acceptors (Lipinski definition) is 2. The van der Waals surface area contributed by atoms with E-state index >= 15 is 0 Å². The van der Waals surface area contributed by atoms with Gasteiger partial charge in [-0.25, -0.2) is 4.98 Å². The minimum Gasteiger partial charge on any atom is -0.301 e. The lowest BCUT2D eigenvalue weighted by molar-refractivity contribution is 0.428. The average Bonchev–Trinajstić information content (AvgIpc) is 2.86. The predicted octanol–water partition coefficient (Wildman–Crippen LogP) is 4.37. The summed E-state index contributed by atoms with van der Waals surface area (Å²) in [4.78, 5) is 8.64. The number of fused-ring (bicyclic) bond motifs is 1. The summed E-state index contributed by atoms with van der Waals surface area (Å²) in [5, 5.41) is 0. The molecule has 19 heavy (non-hydrogen) atoms. The molecule has 3 heteroatoms. The van der Waals surface area contributed by atoms with Gasteiger partial charge in [-0.3, -0.25) is 4.98 Å². The maximum Gasteiger partial charge on any atom is 0.155 e. The molecule has 0 saturated carbocycles. The van der Waals surface area contributed by atoms with Gasteiger partial charge in [0.15, 0.2) is 5.65 Å². The molecular formula is C16H25N3. The van der Waals surface area contributed by atoms with Crippen LogP contribution in [-0.4, -0.2) is 14.4 Å². The molecule has 0 aliphatic rings. The SMILES string of the molecule is CCCCCCCC(C)(C)c1cncc2nccn12. The minimum atomic E-state index is 0.152. The van der Waals surface area contributed by atoms with Gasteiger partial charge in [0.05, 0.1) is 6.20 Å². The molecule has 0 spiro atoms. The number of rotatable bonds is 7. The lowest BCUT2D eigenvalue weighted by Crippen LogP contribution is -2.21. The monoisotopic (exact) mass is 259 g/mol. The number of nitrogens with zero attached hydrogens (tertiary/aromatic N) is 3. The van der Waals surface area contributed by atoms with Gasteiger partial charge in [-0.2, -0.15) is 0 Å². The van der Waals surface area contributed by atoms with Crippen LogP contribution in [0.4, 0.5) is 0 Å². The fourth-order valence-electron chi connectivity index (χ4n) is 2.65. The Hall–Kier alpha value is -1.38. The van der Waals surface area contributed by atoms with Crippen molar-refractivity contribution in [2.75, 3.05) is 0 Å². The van der Waals surface area contributed by atoms with E-state index in [9.17, 15) is 0 Å². The van der Waals surface area contributed by atoms with Crippen LogP contribution in [0.1, 0.15) is 65.0 Å². The van der Waals surface area contributed by atoms with Crippen LogP contribution in [0.2, 0.25) is 0 Å². The van der Waals surface area contributed by atoms with Crippen LogP contribution in [0, 0.1) is 0 Å². The van der Waals surface area contributed by atoms with Crippen molar-refractivity contribution in [3.8, 4) is 0 Å². The van der Waals surface area contributed by atoms with E-state index < -0.39 is 0 Å². The summed E-state index contributed by atoms with van der Waals surface area (Å²) in [5.74, 6) is 0. The summed E-state index contributed by atoms with van der Waals surface area (Å²) >= 11 is 0. The van der Waals surface area contributed by atoms with Gasteiger partial charge in [0.25, 0.3) is 0 Å². The molecule has 0 aromatic carbocycles. The molecule has 104 valence electrons. The summed E-state index contributed by atoms with van der Waals surface area (Å²) in [5.41, 5.74) is 2.36. The van der Waals surface area contributed by atoms with Crippen LogP contribution in [0.5, 0.6) is 0 Å². The van der Waals surface area contributed by atoms with Gasteiger partial charge in [-0.1, -0.05) is 52.9 Å². The zero-order valence-corrected chi connectivity index (χ0v) is 12.4. The van der Waals surface area contributed by atoms with Gasteiger partial charge in [0, 0.05) is 29.7 Å². The van der Waals surface area contributed by atoms with E-state index in [1.165, 1.54) is 44.2 Å². The Kier molecular flexibility index (Phi) is 4.56. The van der Waals surface area contributed by atoms with Crippen molar-refractivity contribution in [1.29, 1.82) is 0 Å². The molecule has 0 atom stereocenters. The van der Waals surface area contributed by atoms with Crippen LogP contribution in [0.3, 0.4) is 0 Å². The molecular weight excluding hydrogens is 234 g/mol. The summed E-state index contributed by atoms with van der Waals surface area (Å²) in [6, 6.07) is 0. The molecule has 2 aromatic rings. The van der Waals surface area contributed by atoms with Crippen LogP contribution < -0.4 is 0 Å². The highest BCUT2D eigenvalue weighted by Gasteiger charge is 2.23. The van der Waals surface area contributed by atoms with Crippen molar-refractivity contribution in [1.82, 2.24) is 14.4 Å². The second-order valence-corrected chi connectivity index (χ2v) is 6.00.